The van der Waals surface area contributed by atoms with Gasteiger partial charge >= 0.3 is 0 Å². The highest BCUT2D eigenvalue weighted by Gasteiger charge is 2.28. The van der Waals surface area contributed by atoms with Crippen molar-refractivity contribution in [3.8, 4) is 29.2 Å². The average molecular weight is 471 g/mol. The number of fused-ring (bicyclic) bond motifs is 3. The molecule has 0 spiro atoms. The molecule has 0 fully saturated rings. The largest absolute Gasteiger partial charge is 0.493 e. The number of nitrogens with zero attached hydrogens (tertiary/aromatic N) is 9. The van der Waals surface area contributed by atoms with Gasteiger partial charge in [-0.1, -0.05) is 18.2 Å². The molecule has 1 atom stereocenters. The van der Waals surface area contributed by atoms with Gasteiger partial charge in [-0.05, 0) is 24.3 Å². The van der Waals surface area contributed by atoms with E-state index < -0.39 is 0 Å². The molecule has 1 aliphatic heterocycles. The normalized spacial score (nSPS) is 14.9. The number of hydrogen-bond donors (Lipinski definition) is 0. The summed E-state index contributed by atoms with van der Waals surface area (Å²) in [6.45, 7) is 0.577. The molecule has 172 valence electrons. The van der Waals surface area contributed by atoms with E-state index in [9.17, 15) is 5.26 Å². The van der Waals surface area contributed by atoms with E-state index in [2.05, 4.69) is 36.6 Å². The van der Waals surface area contributed by atoms with Crippen LogP contribution in [0.25, 0.3) is 39.5 Å². The Labute approximate surface area is 204 Å². The van der Waals surface area contributed by atoms with Crippen molar-refractivity contribution >= 4 is 22.2 Å². The molecule has 4 aromatic heterocycles. The van der Waals surface area contributed by atoms with Crippen molar-refractivity contribution in [2.24, 2.45) is 0 Å². The van der Waals surface area contributed by atoms with Gasteiger partial charge in [0, 0.05) is 24.4 Å². The first-order valence-electron chi connectivity index (χ1n) is 11.4. The molecular formula is C26H17N9O. The maximum Gasteiger partial charge on any atom is 0.237 e. The number of nitriles is 1. The molecule has 10 heteroatoms. The summed E-state index contributed by atoms with van der Waals surface area (Å²) in [5.41, 5.74) is 5.24. The van der Waals surface area contributed by atoms with Crippen LogP contribution in [-0.2, 0) is 0 Å². The fourth-order valence-electron chi connectivity index (χ4n) is 4.74. The lowest BCUT2D eigenvalue weighted by molar-refractivity contribution is 0.258. The second-order valence-corrected chi connectivity index (χ2v) is 8.43. The molecule has 2 aromatic carbocycles. The van der Waals surface area contributed by atoms with Crippen LogP contribution in [0.3, 0.4) is 0 Å². The molecule has 5 heterocycles. The fraction of sp³-hybridized carbons (Fsp3) is 0.115. The molecule has 36 heavy (non-hydrogen) atoms. The fourth-order valence-corrected chi connectivity index (χ4v) is 4.74. The number of imidazole rings is 2. The maximum absolute atomic E-state index is 9.37. The van der Waals surface area contributed by atoms with Crippen molar-refractivity contribution in [3.05, 3.63) is 84.8 Å². The Bertz CT molecular complexity index is 1800. The predicted octanol–water partition coefficient (Wildman–Crippen LogP) is 3.87. The number of hydrogen-bond acceptors (Lipinski definition) is 8. The molecule has 1 aliphatic rings. The van der Waals surface area contributed by atoms with Crippen LogP contribution in [0.5, 0.6) is 5.75 Å². The van der Waals surface area contributed by atoms with Crippen LogP contribution in [0, 0.1) is 11.3 Å². The van der Waals surface area contributed by atoms with Crippen molar-refractivity contribution in [2.45, 2.75) is 12.5 Å². The van der Waals surface area contributed by atoms with E-state index in [1.807, 2.05) is 24.3 Å². The van der Waals surface area contributed by atoms with Crippen LogP contribution in [0.4, 0.5) is 0 Å². The SMILES string of the molecule is N#Cc1ccc2ncn(-c3ncc4nc(-c5cncnc5)n([C@@H]5CCOc6ccccc65)c4n3)c2c1. The molecule has 7 rings (SSSR count). The standard InChI is InChI=1S/C26H17N9O/c27-10-16-5-6-19-22(9-16)34(15-31-19)26-30-13-20-25(33-26)35(24(32-20)17-11-28-14-29-12-17)21-7-8-36-23-4-2-1-3-18(21)23/h1-6,9,11-15,21H,7-8H2/t21-/m1/s1. The van der Waals surface area contributed by atoms with Gasteiger partial charge in [0.05, 0.1) is 47.1 Å². The summed E-state index contributed by atoms with van der Waals surface area (Å²) in [7, 11) is 0. The van der Waals surface area contributed by atoms with Crippen molar-refractivity contribution in [3.63, 3.8) is 0 Å². The Morgan fingerprint density at radius 1 is 0.972 bits per heavy atom. The minimum Gasteiger partial charge on any atom is -0.493 e. The smallest absolute Gasteiger partial charge is 0.237 e. The van der Waals surface area contributed by atoms with Crippen LogP contribution < -0.4 is 4.74 Å². The minimum atomic E-state index is -0.0531. The van der Waals surface area contributed by atoms with Crippen LogP contribution in [-0.4, -0.2) is 45.6 Å². The molecule has 0 N–H and O–H groups in total. The highest BCUT2D eigenvalue weighted by Crippen LogP contribution is 2.39. The summed E-state index contributed by atoms with van der Waals surface area (Å²) in [4.78, 5) is 27.3. The van der Waals surface area contributed by atoms with Gasteiger partial charge in [0.15, 0.2) is 5.65 Å². The molecule has 0 saturated heterocycles. The quantitative estimate of drug-likeness (QED) is 0.381. The van der Waals surface area contributed by atoms with Gasteiger partial charge in [0.25, 0.3) is 0 Å². The zero-order valence-corrected chi connectivity index (χ0v) is 18.9. The third-order valence-corrected chi connectivity index (χ3v) is 6.37. The lowest BCUT2D eigenvalue weighted by Crippen LogP contribution is -2.21. The Morgan fingerprint density at radius 2 is 1.86 bits per heavy atom. The lowest BCUT2D eigenvalue weighted by atomic mass is 10.00. The first-order valence-corrected chi connectivity index (χ1v) is 11.4. The number of aromatic nitrogens is 8. The molecule has 0 bridgehead atoms. The Hall–Kier alpha value is -5.17. The number of ether oxygens (including phenoxy) is 1. The predicted molar refractivity (Wildman–Crippen MR) is 130 cm³/mol. The topological polar surface area (TPSA) is 120 Å². The monoisotopic (exact) mass is 471 g/mol. The van der Waals surface area contributed by atoms with E-state index in [1.165, 1.54) is 6.33 Å². The summed E-state index contributed by atoms with van der Waals surface area (Å²) >= 11 is 0. The van der Waals surface area contributed by atoms with E-state index in [0.29, 0.717) is 35.1 Å². The first kappa shape index (κ1) is 20.2. The molecule has 0 aliphatic carbocycles. The van der Waals surface area contributed by atoms with Crippen molar-refractivity contribution in [2.75, 3.05) is 6.61 Å². The van der Waals surface area contributed by atoms with Gasteiger partial charge in [0.2, 0.25) is 5.95 Å². The van der Waals surface area contributed by atoms with E-state index in [4.69, 9.17) is 14.7 Å². The summed E-state index contributed by atoms with van der Waals surface area (Å²) in [5.74, 6) is 2.00. The second kappa shape index (κ2) is 7.95. The highest BCUT2D eigenvalue weighted by atomic mass is 16.5. The van der Waals surface area contributed by atoms with Crippen LogP contribution >= 0.6 is 0 Å². The van der Waals surface area contributed by atoms with Crippen LogP contribution in [0.1, 0.15) is 23.6 Å². The molecule has 0 radical (unpaired) electrons. The van der Waals surface area contributed by atoms with Gasteiger partial charge in [0.1, 0.15) is 29.7 Å². The molecule has 0 amide bonds. The van der Waals surface area contributed by atoms with E-state index in [1.54, 1.807) is 41.6 Å². The number of rotatable bonds is 3. The molecule has 10 nitrogen and oxygen atoms in total. The van der Waals surface area contributed by atoms with Crippen molar-refractivity contribution in [1.82, 2.24) is 39.0 Å². The summed E-state index contributed by atoms with van der Waals surface area (Å²) in [5, 5.41) is 9.37. The number of benzene rings is 2. The van der Waals surface area contributed by atoms with E-state index in [0.717, 1.165) is 34.3 Å². The summed E-state index contributed by atoms with van der Waals surface area (Å²) in [6, 6.07) is 15.5. The zero-order chi connectivity index (χ0) is 24.1. The van der Waals surface area contributed by atoms with Crippen molar-refractivity contribution in [1.29, 1.82) is 5.26 Å². The highest BCUT2D eigenvalue weighted by molar-refractivity contribution is 5.80. The molecular weight excluding hydrogens is 454 g/mol. The average Bonchev–Trinajstić information content (AvgIpc) is 3.54. The van der Waals surface area contributed by atoms with Gasteiger partial charge in [-0.3, -0.25) is 4.57 Å². The molecule has 0 saturated carbocycles. The van der Waals surface area contributed by atoms with Gasteiger partial charge in [-0.25, -0.2) is 24.9 Å². The van der Waals surface area contributed by atoms with Crippen molar-refractivity contribution < 1.29 is 4.74 Å². The maximum atomic E-state index is 9.37. The summed E-state index contributed by atoms with van der Waals surface area (Å²) < 4.78 is 9.85. The Morgan fingerprint density at radius 3 is 2.75 bits per heavy atom. The Kier molecular flexibility index (Phi) is 4.47. The van der Waals surface area contributed by atoms with Crippen LogP contribution in [0.2, 0.25) is 0 Å². The third-order valence-electron chi connectivity index (χ3n) is 6.37. The van der Waals surface area contributed by atoms with Gasteiger partial charge in [-0.15, -0.1) is 0 Å². The second-order valence-electron chi connectivity index (χ2n) is 8.43. The minimum absolute atomic E-state index is 0.0531. The van der Waals surface area contributed by atoms with E-state index in [-0.39, 0.29) is 6.04 Å². The lowest BCUT2D eigenvalue weighted by Gasteiger charge is -2.28. The summed E-state index contributed by atoms with van der Waals surface area (Å²) in [6.07, 6.45) is 9.13. The third kappa shape index (κ3) is 3.10. The number of para-hydroxylation sites is 1. The van der Waals surface area contributed by atoms with Crippen LogP contribution in [0.15, 0.2) is 73.7 Å². The zero-order valence-electron chi connectivity index (χ0n) is 18.9. The first-order chi connectivity index (χ1) is 17.8. The molecule has 0 unspecified atom stereocenters. The molecule has 6 aromatic rings. The van der Waals surface area contributed by atoms with Gasteiger partial charge < -0.3 is 9.30 Å². The van der Waals surface area contributed by atoms with E-state index >= 15 is 0 Å². The van der Waals surface area contributed by atoms with Gasteiger partial charge in [-0.2, -0.15) is 10.2 Å². The Balaban J connectivity index is 1.48.